The third-order valence-electron chi connectivity index (χ3n) is 17.1. The van der Waals surface area contributed by atoms with Crippen LogP contribution in [0.3, 0.4) is 0 Å². The number of nitrogens with one attached hydrogen (secondary N) is 2. The molecule has 2 unspecified atom stereocenters. The Labute approximate surface area is 485 Å². The lowest BCUT2D eigenvalue weighted by Gasteiger charge is -2.40. The lowest BCUT2D eigenvalue weighted by molar-refractivity contribution is -0.137. The summed E-state index contributed by atoms with van der Waals surface area (Å²) in [5.41, 5.74) is 5.56. The van der Waals surface area contributed by atoms with Gasteiger partial charge in [0.2, 0.25) is 23.6 Å². The van der Waals surface area contributed by atoms with Crippen molar-refractivity contribution >= 4 is 82.0 Å². The predicted molar refractivity (Wildman–Crippen MR) is 297 cm³/mol. The molecule has 1 aromatic heterocycles. The fraction of sp³-hybridized carbons (Fsp3) is 0.448. The standard InChI is InChI=1S/C58H60ClF2N13O10/c59-41-25-36(4-1-33(41)30-62)84-35-5-2-34(3-6-35)64-52(77)44-7-11-50(67-66-44)71-15-13-32(14-16-71)31-68-17-19-69(20-18-68)47-29-40-38(27-42(47)60)55(80)74(57(40)82)46(8-10-49(63)75)58(83)72-23-21-70(22-24-72)48-28-39-37(26-43(48)61)54(79)73(56(39)81)45-9-12-51(76)65-53(45)78/h1,4,7,11,25-29,32,34-35,45-46H,2-3,5-6,8-10,12-24,31H2,(H2,63,75)(H,64,77)(H,65,76,78)/t34-,35-,45?,46?. The molecule has 3 aromatic carbocycles. The molecule has 84 heavy (non-hydrogen) atoms. The van der Waals surface area contributed by atoms with Crippen LogP contribution in [0, 0.1) is 28.9 Å². The van der Waals surface area contributed by atoms with Gasteiger partial charge in [-0.1, -0.05) is 11.6 Å². The van der Waals surface area contributed by atoms with E-state index in [0.29, 0.717) is 54.3 Å². The van der Waals surface area contributed by atoms with Gasteiger partial charge in [0.25, 0.3) is 29.5 Å². The molecule has 9 amide bonds. The number of benzene rings is 3. The van der Waals surface area contributed by atoms with Gasteiger partial charge in [0.05, 0.1) is 50.3 Å². The first-order valence-corrected chi connectivity index (χ1v) is 28.6. The van der Waals surface area contributed by atoms with Crippen molar-refractivity contribution in [3.05, 3.63) is 105 Å². The maximum absolute atomic E-state index is 16.1. The molecule has 1 saturated carbocycles. The molecule has 0 spiro atoms. The van der Waals surface area contributed by atoms with Crippen molar-refractivity contribution in [2.24, 2.45) is 11.7 Å². The second kappa shape index (κ2) is 23.9. The van der Waals surface area contributed by atoms with Crippen molar-refractivity contribution in [1.29, 1.82) is 5.26 Å². The van der Waals surface area contributed by atoms with E-state index in [0.717, 1.165) is 80.1 Å². The highest BCUT2D eigenvalue weighted by Crippen LogP contribution is 2.36. The Kier molecular flexibility index (Phi) is 16.3. The van der Waals surface area contributed by atoms with Gasteiger partial charge in [0, 0.05) is 96.9 Å². The van der Waals surface area contributed by atoms with E-state index in [2.05, 4.69) is 30.6 Å². The molecule has 26 heteroatoms. The van der Waals surface area contributed by atoms with Gasteiger partial charge in [-0.15, -0.1) is 10.2 Å². The molecule has 4 N–H and O–H groups in total. The monoisotopic (exact) mass is 1170 g/mol. The van der Waals surface area contributed by atoms with Crippen LogP contribution < -0.4 is 35.8 Å². The molecule has 4 aromatic rings. The van der Waals surface area contributed by atoms with Gasteiger partial charge in [-0.3, -0.25) is 63.2 Å². The number of nitrogens with two attached hydrogens (primary N) is 1. The Morgan fingerprint density at radius 1 is 0.726 bits per heavy atom. The van der Waals surface area contributed by atoms with Crippen molar-refractivity contribution in [3.63, 3.8) is 0 Å². The number of fused-ring (bicyclic) bond motifs is 2. The van der Waals surface area contributed by atoms with Crippen LogP contribution >= 0.6 is 11.6 Å². The molecule has 2 atom stereocenters. The number of hydrogen-bond acceptors (Lipinski definition) is 17. The lowest BCUT2D eigenvalue weighted by Crippen LogP contribution is -2.56. The summed E-state index contributed by atoms with van der Waals surface area (Å²) in [5.74, 6) is -6.35. The minimum absolute atomic E-state index is 0.0175. The van der Waals surface area contributed by atoms with E-state index in [-0.39, 0.29) is 109 Å². The molecule has 7 aliphatic rings. The number of amides is 9. The number of aromatic nitrogens is 2. The van der Waals surface area contributed by atoms with Gasteiger partial charge in [0.15, 0.2) is 11.5 Å². The van der Waals surface area contributed by atoms with Crippen LogP contribution in [-0.4, -0.2) is 179 Å². The number of halogens is 3. The quantitative estimate of drug-likeness (QED) is 0.144. The van der Waals surface area contributed by atoms with E-state index in [1.165, 1.54) is 17.0 Å². The predicted octanol–water partition coefficient (Wildman–Crippen LogP) is 3.42. The Bertz CT molecular complexity index is 3410. The maximum atomic E-state index is 16.1. The smallest absolute Gasteiger partial charge is 0.272 e. The number of carbonyl (C=O) groups excluding carboxylic acids is 9. The second-order valence-corrected chi connectivity index (χ2v) is 22.7. The summed E-state index contributed by atoms with van der Waals surface area (Å²) in [6.07, 6.45) is 3.91. The SMILES string of the molecule is N#Cc1ccc(O[C@H]2CC[C@H](NC(=O)c3ccc(N4CCC(CN5CCN(c6cc7c(cc6F)C(=O)N(C(CCC(N)=O)C(=O)N6CCN(c8cc9c(cc8F)C(=O)N(C8CCC(=O)NC8=O)C9=O)CC6)C7=O)CC5)CC4)nn3)CC2)cc1Cl. The van der Waals surface area contributed by atoms with Gasteiger partial charge < -0.3 is 35.4 Å². The zero-order valence-electron chi connectivity index (χ0n) is 45.7. The first kappa shape index (κ1) is 57.2. The number of primary amides is 1. The van der Waals surface area contributed by atoms with Crippen LogP contribution in [-0.2, 0) is 19.2 Å². The summed E-state index contributed by atoms with van der Waals surface area (Å²) in [6.45, 7) is 4.40. The lowest BCUT2D eigenvalue weighted by atomic mass is 9.93. The molecule has 23 nitrogen and oxygen atoms in total. The molecule has 4 saturated heterocycles. The number of carbonyl (C=O) groups is 9. The fourth-order valence-corrected chi connectivity index (χ4v) is 12.7. The van der Waals surface area contributed by atoms with Gasteiger partial charge in [0.1, 0.15) is 35.5 Å². The van der Waals surface area contributed by atoms with E-state index in [1.54, 1.807) is 29.2 Å². The molecule has 438 valence electrons. The summed E-state index contributed by atoms with van der Waals surface area (Å²) in [6, 6.07) is 12.3. The molecule has 0 radical (unpaired) electrons. The number of rotatable bonds is 15. The number of imide groups is 3. The molecule has 7 heterocycles. The van der Waals surface area contributed by atoms with Crippen molar-refractivity contribution < 1.29 is 56.7 Å². The van der Waals surface area contributed by atoms with Crippen LogP contribution in [0.15, 0.2) is 54.6 Å². The molecule has 0 bridgehead atoms. The number of ether oxygens (including phenoxy) is 1. The average Bonchev–Trinajstić information content (AvgIpc) is 3.77. The number of anilines is 3. The Morgan fingerprint density at radius 2 is 1.33 bits per heavy atom. The van der Waals surface area contributed by atoms with Crippen molar-refractivity contribution in [1.82, 2.24) is 40.4 Å². The van der Waals surface area contributed by atoms with E-state index >= 15 is 8.78 Å². The number of nitriles is 1. The van der Waals surface area contributed by atoms with Gasteiger partial charge >= 0.3 is 0 Å². The van der Waals surface area contributed by atoms with Crippen molar-refractivity contribution in [3.8, 4) is 11.8 Å². The number of piperazine rings is 2. The minimum atomic E-state index is -1.49. The largest absolute Gasteiger partial charge is 0.490 e. The summed E-state index contributed by atoms with van der Waals surface area (Å²) in [5, 5.41) is 23.4. The zero-order chi connectivity index (χ0) is 59.1. The average molecular weight is 1170 g/mol. The topological polar surface area (TPSA) is 285 Å². The van der Waals surface area contributed by atoms with Crippen LogP contribution in [0.2, 0.25) is 5.02 Å². The molecule has 5 fully saturated rings. The third kappa shape index (κ3) is 11.6. The van der Waals surface area contributed by atoms with E-state index < -0.39 is 71.0 Å². The number of piperidine rings is 2. The van der Waals surface area contributed by atoms with Crippen LogP contribution in [0.1, 0.15) is 122 Å². The fourth-order valence-electron chi connectivity index (χ4n) is 12.5. The molecular weight excluding hydrogens is 1110 g/mol. The number of nitrogens with zero attached hydrogens (tertiary/aromatic N) is 10. The summed E-state index contributed by atoms with van der Waals surface area (Å²) in [7, 11) is 0. The highest BCUT2D eigenvalue weighted by Gasteiger charge is 2.48. The van der Waals surface area contributed by atoms with E-state index in [9.17, 15) is 43.2 Å². The van der Waals surface area contributed by atoms with Gasteiger partial charge in [-0.2, -0.15) is 5.26 Å². The Morgan fingerprint density at radius 3 is 1.92 bits per heavy atom. The highest BCUT2D eigenvalue weighted by atomic mass is 35.5. The molecular formula is C58H60ClF2N13O10. The normalized spacial score (nSPS) is 21.8. The number of hydrogen-bond donors (Lipinski definition) is 3. The third-order valence-corrected chi connectivity index (χ3v) is 17.4. The minimum Gasteiger partial charge on any atom is -0.490 e. The summed E-state index contributed by atoms with van der Waals surface area (Å²) < 4.78 is 37.9. The summed E-state index contributed by atoms with van der Waals surface area (Å²) >= 11 is 6.16. The van der Waals surface area contributed by atoms with Crippen LogP contribution in [0.5, 0.6) is 5.75 Å². The van der Waals surface area contributed by atoms with Crippen LogP contribution in [0.4, 0.5) is 26.0 Å². The van der Waals surface area contributed by atoms with E-state index in [4.69, 9.17) is 27.3 Å². The van der Waals surface area contributed by atoms with Crippen LogP contribution in [0.25, 0.3) is 0 Å². The highest BCUT2D eigenvalue weighted by molar-refractivity contribution is 6.32. The molecule has 6 aliphatic heterocycles. The van der Waals surface area contributed by atoms with E-state index in [1.807, 2.05) is 17.0 Å². The Balaban J connectivity index is 0.646. The van der Waals surface area contributed by atoms with Gasteiger partial charge in [-0.25, -0.2) is 8.78 Å². The van der Waals surface area contributed by atoms with Gasteiger partial charge in [-0.05, 0) is 106 Å². The summed E-state index contributed by atoms with van der Waals surface area (Å²) in [4.78, 5) is 130. The first-order valence-electron chi connectivity index (χ1n) is 28.2. The second-order valence-electron chi connectivity index (χ2n) is 22.3. The van der Waals surface area contributed by atoms with Crippen molar-refractivity contribution in [2.75, 3.05) is 86.7 Å². The van der Waals surface area contributed by atoms with Crippen molar-refractivity contribution in [2.45, 2.75) is 88.4 Å². The Hall–Kier alpha value is -8.63. The molecule has 1 aliphatic carbocycles. The maximum Gasteiger partial charge on any atom is 0.272 e. The zero-order valence-corrected chi connectivity index (χ0v) is 46.5. The first-order chi connectivity index (χ1) is 40.4. The molecule has 11 rings (SSSR count).